The zero-order chi connectivity index (χ0) is 17.9. The van der Waals surface area contributed by atoms with Crippen molar-refractivity contribution in [2.24, 2.45) is 0 Å². The molecule has 2 aromatic rings. The fraction of sp³-hybridized carbons (Fsp3) is 0.312. The van der Waals surface area contributed by atoms with Crippen molar-refractivity contribution in [3.05, 3.63) is 50.8 Å². The van der Waals surface area contributed by atoms with Crippen LogP contribution in [0.5, 0.6) is 0 Å². The SMILES string of the molecule is Cc1cc(C)c(NC(=O)CSc2nc(C)cc(C)n2)c([N+](=O)[O-])c1. The molecule has 0 saturated carbocycles. The lowest BCUT2D eigenvalue weighted by Crippen LogP contribution is -2.16. The molecule has 1 aromatic carbocycles. The number of carbonyl (C=O) groups excluding carboxylic acids is 1. The second-order valence-electron chi connectivity index (χ2n) is 5.50. The van der Waals surface area contributed by atoms with Crippen molar-refractivity contribution in [1.29, 1.82) is 0 Å². The summed E-state index contributed by atoms with van der Waals surface area (Å²) >= 11 is 1.20. The number of nitrogens with one attached hydrogen (secondary N) is 1. The minimum absolute atomic E-state index is 0.0768. The molecule has 0 spiro atoms. The summed E-state index contributed by atoms with van der Waals surface area (Å²) in [5.41, 5.74) is 3.22. The van der Waals surface area contributed by atoms with Crippen LogP contribution in [0, 0.1) is 37.8 Å². The highest BCUT2D eigenvalue weighted by Crippen LogP contribution is 2.29. The largest absolute Gasteiger partial charge is 0.319 e. The van der Waals surface area contributed by atoms with Gasteiger partial charge >= 0.3 is 0 Å². The number of hydrogen-bond donors (Lipinski definition) is 1. The summed E-state index contributed by atoms with van der Waals surface area (Å²) in [4.78, 5) is 31.4. The summed E-state index contributed by atoms with van der Waals surface area (Å²) in [6.07, 6.45) is 0. The number of thioether (sulfide) groups is 1. The third-order valence-corrected chi connectivity index (χ3v) is 4.06. The van der Waals surface area contributed by atoms with Gasteiger partial charge in [0, 0.05) is 17.5 Å². The van der Waals surface area contributed by atoms with Crippen LogP contribution in [-0.2, 0) is 4.79 Å². The lowest BCUT2D eigenvalue weighted by Gasteiger charge is -2.10. The first-order chi connectivity index (χ1) is 11.3. The summed E-state index contributed by atoms with van der Waals surface area (Å²) in [6.45, 7) is 7.23. The minimum atomic E-state index is -0.490. The Labute approximate surface area is 144 Å². The Morgan fingerprint density at radius 2 is 1.79 bits per heavy atom. The Bertz CT molecular complexity index is 788. The van der Waals surface area contributed by atoms with Gasteiger partial charge in [0.05, 0.1) is 10.7 Å². The molecule has 0 aliphatic heterocycles. The van der Waals surface area contributed by atoms with Crippen molar-refractivity contribution in [1.82, 2.24) is 9.97 Å². The second-order valence-corrected chi connectivity index (χ2v) is 6.45. The predicted molar refractivity (Wildman–Crippen MR) is 93.4 cm³/mol. The molecule has 0 bridgehead atoms. The van der Waals surface area contributed by atoms with Gasteiger partial charge < -0.3 is 5.32 Å². The Balaban J connectivity index is 2.11. The molecule has 8 heteroatoms. The average molecular weight is 346 g/mol. The monoisotopic (exact) mass is 346 g/mol. The number of anilines is 1. The van der Waals surface area contributed by atoms with Gasteiger partial charge in [0.2, 0.25) is 5.91 Å². The molecule has 1 N–H and O–H groups in total. The van der Waals surface area contributed by atoms with Gasteiger partial charge in [-0.25, -0.2) is 9.97 Å². The smallest absolute Gasteiger partial charge is 0.293 e. The molecule has 2 rings (SSSR count). The van der Waals surface area contributed by atoms with Crippen molar-refractivity contribution in [2.75, 3.05) is 11.1 Å². The van der Waals surface area contributed by atoms with E-state index in [-0.39, 0.29) is 23.0 Å². The van der Waals surface area contributed by atoms with E-state index in [0.717, 1.165) is 17.0 Å². The summed E-state index contributed by atoms with van der Waals surface area (Å²) in [5, 5.41) is 14.3. The van der Waals surface area contributed by atoms with Crippen molar-refractivity contribution in [2.45, 2.75) is 32.9 Å². The van der Waals surface area contributed by atoms with E-state index in [1.807, 2.05) is 19.9 Å². The van der Waals surface area contributed by atoms with E-state index in [1.165, 1.54) is 17.8 Å². The summed E-state index contributed by atoms with van der Waals surface area (Å²) in [5.74, 6) is -0.259. The maximum absolute atomic E-state index is 12.2. The quantitative estimate of drug-likeness (QED) is 0.386. The van der Waals surface area contributed by atoms with E-state index in [0.29, 0.717) is 10.7 Å². The Kier molecular flexibility index (Phi) is 5.50. The van der Waals surface area contributed by atoms with E-state index in [9.17, 15) is 14.9 Å². The minimum Gasteiger partial charge on any atom is -0.319 e. The Hall–Kier alpha value is -2.48. The summed E-state index contributed by atoms with van der Waals surface area (Å²) in [6, 6.07) is 5.09. The van der Waals surface area contributed by atoms with Crippen molar-refractivity contribution in [3.63, 3.8) is 0 Å². The molecule has 126 valence electrons. The number of rotatable bonds is 5. The number of hydrogen-bond acceptors (Lipinski definition) is 6. The first-order valence-electron chi connectivity index (χ1n) is 7.27. The summed E-state index contributed by atoms with van der Waals surface area (Å²) in [7, 11) is 0. The molecule has 0 atom stereocenters. The number of nitrogens with zero attached hydrogens (tertiary/aromatic N) is 3. The number of nitro groups is 1. The number of amides is 1. The second kappa shape index (κ2) is 7.39. The average Bonchev–Trinajstić information content (AvgIpc) is 2.46. The standard InChI is InChI=1S/C16H18N4O3S/c1-9-5-10(2)15(13(6-9)20(22)23)19-14(21)8-24-16-17-11(3)7-12(4)18-16/h5-7H,8H2,1-4H3,(H,19,21). The predicted octanol–water partition coefficient (Wildman–Crippen LogP) is 3.35. The number of nitro benzene ring substituents is 1. The van der Waals surface area contributed by atoms with E-state index in [2.05, 4.69) is 15.3 Å². The van der Waals surface area contributed by atoms with Crippen LogP contribution in [0.3, 0.4) is 0 Å². The van der Waals surface area contributed by atoms with Gasteiger partial charge in [-0.15, -0.1) is 0 Å². The van der Waals surface area contributed by atoms with Crippen molar-refractivity contribution >= 4 is 29.0 Å². The van der Waals surface area contributed by atoms with Crippen LogP contribution in [0.2, 0.25) is 0 Å². The molecule has 0 fully saturated rings. The van der Waals surface area contributed by atoms with Gasteiger partial charge in [0.1, 0.15) is 5.69 Å². The molecule has 1 amide bonds. The van der Waals surface area contributed by atoms with Crippen LogP contribution in [0.4, 0.5) is 11.4 Å². The van der Waals surface area contributed by atoms with Crippen LogP contribution in [0.25, 0.3) is 0 Å². The first-order valence-corrected chi connectivity index (χ1v) is 8.25. The molecule has 1 aromatic heterocycles. The normalized spacial score (nSPS) is 10.5. The number of carbonyl (C=O) groups is 1. The van der Waals surface area contributed by atoms with Gasteiger partial charge in [-0.1, -0.05) is 17.8 Å². The fourth-order valence-electron chi connectivity index (χ4n) is 2.32. The molecular weight excluding hydrogens is 328 g/mol. The molecule has 1 heterocycles. The van der Waals surface area contributed by atoms with Crippen LogP contribution < -0.4 is 5.32 Å². The van der Waals surface area contributed by atoms with Gasteiger partial charge in [-0.2, -0.15) is 0 Å². The maximum Gasteiger partial charge on any atom is 0.293 e. The van der Waals surface area contributed by atoms with Crippen LogP contribution in [0.1, 0.15) is 22.5 Å². The third-order valence-electron chi connectivity index (χ3n) is 3.21. The zero-order valence-electron chi connectivity index (χ0n) is 13.9. The first kappa shape index (κ1) is 17.9. The van der Waals surface area contributed by atoms with E-state index in [4.69, 9.17) is 0 Å². The molecule has 0 aliphatic carbocycles. The van der Waals surface area contributed by atoms with E-state index < -0.39 is 4.92 Å². The van der Waals surface area contributed by atoms with Gasteiger partial charge in [-0.05, 0) is 44.9 Å². The van der Waals surface area contributed by atoms with Crippen LogP contribution >= 0.6 is 11.8 Å². The van der Waals surface area contributed by atoms with E-state index in [1.54, 1.807) is 19.9 Å². The molecular formula is C16H18N4O3S. The lowest BCUT2D eigenvalue weighted by atomic mass is 10.1. The molecule has 24 heavy (non-hydrogen) atoms. The van der Waals surface area contributed by atoms with Gasteiger partial charge in [-0.3, -0.25) is 14.9 Å². The molecule has 0 unspecified atom stereocenters. The van der Waals surface area contributed by atoms with Crippen LogP contribution in [0.15, 0.2) is 23.4 Å². The van der Waals surface area contributed by atoms with E-state index >= 15 is 0 Å². The van der Waals surface area contributed by atoms with Crippen molar-refractivity contribution < 1.29 is 9.72 Å². The highest BCUT2D eigenvalue weighted by Gasteiger charge is 2.19. The highest BCUT2D eigenvalue weighted by molar-refractivity contribution is 7.99. The number of aryl methyl sites for hydroxylation is 4. The molecule has 0 aliphatic rings. The molecule has 0 radical (unpaired) electrons. The third kappa shape index (κ3) is 4.51. The zero-order valence-corrected chi connectivity index (χ0v) is 14.7. The Morgan fingerprint density at radius 3 is 2.38 bits per heavy atom. The van der Waals surface area contributed by atoms with Gasteiger partial charge in [0.15, 0.2) is 5.16 Å². The van der Waals surface area contributed by atoms with Crippen LogP contribution in [-0.4, -0.2) is 26.6 Å². The van der Waals surface area contributed by atoms with Gasteiger partial charge in [0.25, 0.3) is 5.69 Å². The number of aromatic nitrogens is 2. The fourth-order valence-corrected chi connectivity index (χ4v) is 3.06. The highest BCUT2D eigenvalue weighted by atomic mass is 32.2. The Morgan fingerprint density at radius 1 is 1.17 bits per heavy atom. The lowest BCUT2D eigenvalue weighted by molar-refractivity contribution is -0.384. The molecule has 0 saturated heterocycles. The number of benzene rings is 1. The maximum atomic E-state index is 12.2. The van der Waals surface area contributed by atoms with Crippen molar-refractivity contribution in [3.8, 4) is 0 Å². The summed E-state index contributed by atoms with van der Waals surface area (Å²) < 4.78 is 0. The topological polar surface area (TPSA) is 98.0 Å². The molecule has 7 nitrogen and oxygen atoms in total.